The topological polar surface area (TPSA) is 89.5 Å². The van der Waals surface area contributed by atoms with Crippen molar-refractivity contribution < 1.29 is 38.0 Å². The Balaban J connectivity index is 4.23. The maximum Gasteiger partial charge on any atom is 0.338 e. The van der Waals surface area contributed by atoms with Crippen LogP contribution in [0.15, 0.2) is 0 Å². The van der Waals surface area contributed by atoms with Gasteiger partial charge in [-0.05, 0) is 74.7 Å². The number of carbonyl (C=O) groups excluding carboxylic acids is 2. The second-order valence-electron chi connectivity index (χ2n) is 8.96. The van der Waals surface area contributed by atoms with Crippen molar-refractivity contribution >= 4 is 11.9 Å². The van der Waals surface area contributed by atoms with E-state index >= 15 is 0 Å². The highest BCUT2D eigenvalue weighted by molar-refractivity contribution is 5.79. The maximum atomic E-state index is 12.4. The SMILES string of the molecule is CCOC(C)COC(=O)C(C)(CC)OCCCCOC(C)(C)C(=O)OCC(C)OC(C)C. The predicted octanol–water partition coefficient (Wildman–Crippen LogP) is 4.07. The van der Waals surface area contributed by atoms with Crippen LogP contribution in [0.1, 0.15) is 81.6 Å². The minimum absolute atomic E-state index is 0.0743. The summed E-state index contributed by atoms with van der Waals surface area (Å²) < 4.78 is 33.2. The fourth-order valence-corrected chi connectivity index (χ4v) is 2.74. The van der Waals surface area contributed by atoms with E-state index in [0.717, 1.165) is 0 Å². The Bertz CT molecular complexity index is 534. The molecule has 0 saturated carbocycles. The zero-order valence-electron chi connectivity index (χ0n) is 21.7. The van der Waals surface area contributed by atoms with Gasteiger partial charge in [0.05, 0.1) is 18.3 Å². The first-order valence-electron chi connectivity index (χ1n) is 11.8. The second-order valence-corrected chi connectivity index (χ2v) is 8.96. The van der Waals surface area contributed by atoms with Gasteiger partial charge in [-0.3, -0.25) is 0 Å². The number of esters is 2. The highest BCUT2D eigenvalue weighted by Crippen LogP contribution is 2.19. The Morgan fingerprint density at radius 1 is 0.781 bits per heavy atom. The monoisotopic (exact) mass is 462 g/mol. The molecule has 3 atom stereocenters. The van der Waals surface area contributed by atoms with Gasteiger partial charge >= 0.3 is 11.9 Å². The number of ether oxygens (including phenoxy) is 6. The van der Waals surface area contributed by atoms with E-state index in [1.165, 1.54) is 0 Å². The molecule has 0 aliphatic rings. The molecule has 0 aliphatic heterocycles. The highest BCUT2D eigenvalue weighted by atomic mass is 16.6. The van der Waals surface area contributed by atoms with Crippen LogP contribution in [0.4, 0.5) is 0 Å². The molecule has 0 radical (unpaired) electrons. The van der Waals surface area contributed by atoms with Gasteiger partial charge < -0.3 is 28.4 Å². The lowest BCUT2D eigenvalue weighted by Crippen LogP contribution is -2.41. The lowest BCUT2D eigenvalue weighted by Gasteiger charge is -2.27. The fourth-order valence-electron chi connectivity index (χ4n) is 2.74. The molecule has 0 fully saturated rings. The van der Waals surface area contributed by atoms with Crippen molar-refractivity contribution in [3.63, 3.8) is 0 Å². The van der Waals surface area contributed by atoms with Crippen LogP contribution in [-0.2, 0) is 38.0 Å². The third kappa shape index (κ3) is 12.7. The largest absolute Gasteiger partial charge is 0.461 e. The van der Waals surface area contributed by atoms with E-state index in [0.29, 0.717) is 39.1 Å². The molecule has 0 aliphatic carbocycles. The van der Waals surface area contributed by atoms with Crippen LogP contribution in [0, 0.1) is 0 Å². The van der Waals surface area contributed by atoms with Crippen LogP contribution >= 0.6 is 0 Å². The van der Waals surface area contributed by atoms with Crippen molar-refractivity contribution in [1.29, 1.82) is 0 Å². The zero-order valence-corrected chi connectivity index (χ0v) is 21.7. The molecule has 190 valence electrons. The molecule has 0 heterocycles. The van der Waals surface area contributed by atoms with Gasteiger partial charge in [0.15, 0.2) is 11.2 Å². The van der Waals surface area contributed by atoms with Crippen LogP contribution in [0.3, 0.4) is 0 Å². The molecule has 0 N–H and O–H groups in total. The molecule has 8 heteroatoms. The first-order valence-corrected chi connectivity index (χ1v) is 11.8. The molecular formula is C24H46O8. The van der Waals surface area contributed by atoms with Gasteiger partial charge in [0.1, 0.15) is 13.2 Å². The normalized spacial score (nSPS) is 15.8. The fraction of sp³-hybridized carbons (Fsp3) is 0.917. The van der Waals surface area contributed by atoms with Gasteiger partial charge in [-0.1, -0.05) is 6.92 Å². The van der Waals surface area contributed by atoms with Crippen molar-refractivity contribution in [2.45, 2.75) is 111 Å². The van der Waals surface area contributed by atoms with E-state index in [4.69, 9.17) is 28.4 Å². The Morgan fingerprint density at radius 3 is 1.84 bits per heavy atom. The summed E-state index contributed by atoms with van der Waals surface area (Å²) in [7, 11) is 0. The van der Waals surface area contributed by atoms with E-state index in [2.05, 4.69) is 0 Å². The second kappa shape index (κ2) is 15.6. The van der Waals surface area contributed by atoms with Gasteiger partial charge in [-0.15, -0.1) is 0 Å². The van der Waals surface area contributed by atoms with Gasteiger partial charge in [0.2, 0.25) is 0 Å². The lowest BCUT2D eigenvalue weighted by molar-refractivity contribution is -0.176. The summed E-state index contributed by atoms with van der Waals surface area (Å²) >= 11 is 0. The van der Waals surface area contributed by atoms with E-state index in [1.54, 1.807) is 20.8 Å². The molecule has 0 saturated heterocycles. The molecular weight excluding hydrogens is 416 g/mol. The smallest absolute Gasteiger partial charge is 0.338 e. The van der Waals surface area contributed by atoms with Gasteiger partial charge in [0, 0.05) is 19.8 Å². The summed E-state index contributed by atoms with van der Waals surface area (Å²) in [6.07, 6.45) is 1.62. The molecule has 0 rings (SSSR count). The van der Waals surface area contributed by atoms with E-state index in [9.17, 15) is 9.59 Å². The number of unbranched alkanes of at least 4 members (excludes halogenated alkanes) is 1. The molecule has 0 aromatic carbocycles. The van der Waals surface area contributed by atoms with Crippen LogP contribution in [-0.4, -0.2) is 74.5 Å². The standard InChI is InChI=1S/C24H46O8/c1-10-24(9,22(26)29-16-19(5)27-11-2)31-15-13-12-14-30-23(7,8)21(25)28-17-20(6)32-18(3)4/h18-20H,10-17H2,1-9H3. The number of rotatable bonds is 18. The Hall–Kier alpha value is -1.22. The predicted molar refractivity (Wildman–Crippen MR) is 123 cm³/mol. The summed E-state index contributed by atoms with van der Waals surface area (Å²) in [5.74, 6) is -0.808. The van der Waals surface area contributed by atoms with E-state index in [1.807, 2.05) is 41.5 Å². The van der Waals surface area contributed by atoms with E-state index < -0.39 is 17.2 Å². The Kier molecular flexibility index (Phi) is 15.0. The molecule has 8 nitrogen and oxygen atoms in total. The highest BCUT2D eigenvalue weighted by Gasteiger charge is 2.34. The minimum Gasteiger partial charge on any atom is -0.461 e. The van der Waals surface area contributed by atoms with Gasteiger partial charge in [-0.2, -0.15) is 0 Å². The lowest BCUT2D eigenvalue weighted by atomic mass is 10.0. The zero-order chi connectivity index (χ0) is 24.8. The van der Waals surface area contributed by atoms with E-state index in [-0.39, 0.29) is 37.5 Å². The van der Waals surface area contributed by atoms with Gasteiger partial charge in [-0.25, -0.2) is 9.59 Å². The van der Waals surface area contributed by atoms with Crippen LogP contribution in [0.25, 0.3) is 0 Å². The first kappa shape index (κ1) is 30.8. The summed E-state index contributed by atoms with van der Waals surface area (Å²) in [4.78, 5) is 24.7. The van der Waals surface area contributed by atoms with Crippen molar-refractivity contribution in [3.8, 4) is 0 Å². The molecule has 3 unspecified atom stereocenters. The number of hydrogen-bond donors (Lipinski definition) is 0. The van der Waals surface area contributed by atoms with Crippen molar-refractivity contribution in [1.82, 2.24) is 0 Å². The summed E-state index contributed by atoms with van der Waals surface area (Å²) in [6.45, 7) is 18.2. The van der Waals surface area contributed by atoms with Gasteiger partial charge in [0.25, 0.3) is 0 Å². The molecule has 0 aromatic heterocycles. The van der Waals surface area contributed by atoms with Crippen LogP contribution < -0.4 is 0 Å². The quantitative estimate of drug-likeness (QED) is 0.222. The summed E-state index contributed by atoms with van der Waals surface area (Å²) in [5, 5.41) is 0. The first-order chi connectivity index (χ1) is 14.9. The van der Waals surface area contributed by atoms with Crippen LogP contribution in [0.2, 0.25) is 0 Å². The van der Waals surface area contributed by atoms with Crippen molar-refractivity contribution in [2.75, 3.05) is 33.0 Å². The molecule has 0 amide bonds. The van der Waals surface area contributed by atoms with Crippen molar-refractivity contribution in [3.05, 3.63) is 0 Å². The molecule has 0 aromatic rings. The maximum absolute atomic E-state index is 12.4. The molecule has 0 spiro atoms. The summed E-state index contributed by atoms with van der Waals surface area (Å²) in [5.41, 5.74) is -2.04. The molecule has 32 heavy (non-hydrogen) atoms. The minimum atomic E-state index is -1.04. The number of carbonyl (C=O) groups is 2. The average Bonchev–Trinajstić information content (AvgIpc) is 2.72. The number of hydrogen-bond acceptors (Lipinski definition) is 8. The third-order valence-corrected chi connectivity index (χ3v) is 4.87. The Labute approximate surface area is 194 Å². The Morgan fingerprint density at radius 2 is 1.31 bits per heavy atom. The summed E-state index contributed by atoms with van der Waals surface area (Å²) in [6, 6.07) is 0. The third-order valence-electron chi connectivity index (χ3n) is 4.87. The average molecular weight is 463 g/mol. The molecule has 0 bridgehead atoms. The van der Waals surface area contributed by atoms with Crippen molar-refractivity contribution in [2.24, 2.45) is 0 Å². The van der Waals surface area contributed by atoms with Crippen LogP contribution in [0.5, 0.6) is 0 Å².